The first kappa shape index (κ1) is 18.2. The number of nitrogens with one attached hydrogen (secondary N) is 2. The molecule has 0 spiro atoms. The van der Waals surface area contributed by atoms with Crippen molar-refractivity contribution in [3.05, 3.63) is 47.6 Å². The van der Waals surface area contributed by atoms with Crippen molar-refractivity contribution < 1.29 is 4.74 Å². The molecule has 0 radical (unpaired) electrons. The van der Waals surface area contributed by atoms with Gasteiger partial charge in [-0.25, -0.2) is 0 Å². The van der Waals surface area contributed by atoms with Crippen molar-refractivity contribution in [3.63, 3.8) is 0 Å². The van der Waals surface area contributed by atoms with Gasteiger partial charge in [0.15, 0.2) is 5.11 Å². The maximum atomic E-state index is 5.28. The van der Waals surface area contributed by atoms with Crippen LogP contribution in [0.5, 0.6) is 5.75 Å². The lowest BCUT2D eigenvalue weighted by Crippen LogP contribution is -2.28. The number of benzene rings is 1. The molecule has 0 amide bonds. The van der Waals surface area contributed by atoms with Crippen LogP contribution in [0.3, 0.4) is 0 Å². The molecule has 0 aliphatic rings. The second-order valence-corrected chi connectivity index (χ2v) is 5.84. The van der Waals surface area contributed by atoms with Crippen LogP contribution in [0.15, 0.2) is 47.6 Å². The molecular weight excluding hydrogens is 292 g/mol. The Morgan fingerprint density at radius 1 is 1.14 bits per heavy atom. The van der Waals surface area contributed by atoms with Gasteiger partial charge < -0.3 is 15.4 Å². The fraction of sp³-hybridized carbons (Fsp3) is 0.389. The summed E-state index contributed by atoms with van der Waals surface area (Å²) in [5.41, 5.74) is 3.69. The molecule has 0 heterocycles. The number of thiocarbonyl (C=S) groups is 1. The largest absolute Gasteiger partial charge is 0.497 e. The van der Waals surface area contributed by atoms with Gasteiger partial charge in [0.05, 0.1) is 7.11 Å². The Morgan fingerprint density at radius 3 is 2.41 bits per heavy atom. The average molecular weight is 318 g/mol. The Labute approximate surface area is 139 Å². The minimum Gasteiger partial charge on any atom is -0.497 e. The Kier molecular flexibility index (Phi) is 8.30. The second kappa shape index (κ2) is 10.0. The highest BCUT2D eigenvalue weighted by Crippen LogP contribution is 2.14. The summed E-state index contributed by atoms with van der Waals surface area (Å²) in [4.78, 5) is 0. The number of rotatable bonds is 7. The number of anilines is 1. The zero-order chi connectivity index (χ0) is 16.4. The molecule has 0 unspecified atom stereocenters. The molecule has 0 aliphatic heterocycles. The molecular formula is C18H26N2OS. The van der Waals surface area contributed by atoms with E-state index in [9.17, 15) is 0 Å². The molecule has 0 saturated heterocycles. The normalized spacial score (nSPS) is 10.8. The van der Waals surface area contributed by atoms with Crippen LogP contribution in [0.4, 0.5) is 5.69 Å². The summed E-state index contributed by atoms with van der Waals surface area (Å²) in [6.45, 7) is 7.15. The van der Waals surface area contributed by atoms with E-state index < -0.39 is 0 Å². The second-order valence-electron chi connectivity index (χ2n) is 5.43. The average Bonchev–Trinajstić information content (AvgIpc) is 2.47. The number of methoxy groups -OCH3 is 1. The van der Waals surface area contributed by atoms with Gasteiger partial charge in [-0.1, -0.05) is 23.3 Å². The van der Waals surface area contributed by atoms with Crippen LogP contribution in [-0.4, -0.2) is 18.8 Å². The van der Waals surface area contributed by atoms with E-state index in [1.807, 2.05) is 24.3 Å². The smallest absolute Gasteiger partial charge is 0.171 e. The van der Waals surface area contributed by atoms with Gasteiger partial charge in [-0.3, -0.25) is 0 Å². The molecule has 0 aromatic heterocycles. The zero-order valence-electron chi connectivity index (χ0n) is 13.9. The van der Waals surface area contributed by atoms with Crippen molar-refractivity contribution in [1.82, 2.24) is 5.32 Å². The lowest BCUT2D eigenvalue weighted by molar-refractivity contribution is 0.415. The maximum Gasteiger partial charge on any atom is 0.171 e. The van der Waals surface area contributed by atoms with Crippen LogP contribution in [0.1, 0.15) is 33.6 Å². The highest BCUT2D eigenvalue weighted by atomic mass is 32.1. The third-order valence-electron chi connectivity index (χ3n) is 3.15. The fourth-order valence-electron chi connectivity index (χ4n) is 1.86. The third kappa shape index (κ3) is 7.84. The van der Waals surface area contributed by atoms with Crippen molar-refractivity contribution in [3.8, 4) is 5.75 Å². The SMILES string of the molecule is COc1ccc(NC(=S)NC/C=C(\C)CCC=C(C)C)cc1. The van der Waals surface area contributed by atoms with Crippen molar-refractivity contribution in [2.75, 3.05) is 19.0 Å². The summed E-state index contributed by atoms with van der Waals surface area (Å²) in [6.07, 6.45) is 6.63. The van der Waals surface area contributed by atoms with Crippen LogP contribution < -0.4 is 15.4 Å². The summed E-state index contributed by atoms with van der Waals surface area (Å²) in [7, 11) is 1.65. The highest BCUT2D eigenvalue weighted by molar-refractivity contribution is 7.80. The fourth-order valence-corrected chi connectivity index (χ4v) is 2.06. The van der Waals surface area contributed by atoms with Crippen molar-refractivity contribution >= 4 is 23.0 Å². The van der Waals surface area contributed by atoms with Crippen molar-refractivity contribution in [1.29, 1.82) is 0 Å². The summed E-state index contributed by atoms with van der Waals surface area (Å²) < 4.78 is 5.12. The third-order valence-corrected chi connectivity index (χ3v) is 3.40. The van der Waals surface area contributed by atoms with E-state index in [1.165, 1.54) is 11.1 Å². The summed E-state index contributed by atoms with van der Waals surface area (Å²) in [5.74, 6) is 0.833. The van der Waals surface area contributed by atoms with Gasteiger partial charge in [0.25, 0.3) is 0 Å². The topological polar surface area (TPSA) is 33.3 Å². The molecule has 0 atom stereocenters. The maximum absolute atomic E-state index is 5.28. The molecule has 2 N–H and O–H groups in total. The predicted molar refractivity (Wildman–Crippen MR) is 99.6 cm³/mol. The van der Waals surface area contributed by atoms with Gasteiger partial charge in [0.2, 0.25) is 0 Å². The quantitative estimate of drug-likeness (QED) is 0.565. The summed E-state index contributed by atoms with van der Waals surface area (Å²) >= 11 is 5.28. The Morgan fingerprint density at radius 2 is 1.82 bits per heavy atom. The molecule has 4 heteroatoms. The monoisotopic (exact) mass is 318 g/mol. The number of hydrogen-bond donors (Lipinski definition) is 2. The Hall–Kier alpha value is -1.81. The standard InChI is InChI=1S/C18H26N2OS/c1-14(2)6-5-7-15(3)12-13-19-18(22)20-16-8-10-17(21-4)11-9-16/h6,8-12H,5,7,13H2,1-4H3,(H2,19,20,22)/b15-12+. The lowest BCUT2D eigenvalue weighted by Gasteiger charge is -2.10. The van der Waals surface area contributed by atoms with Crippen molar-refractivity contribution in [2.24, 2.45) is 0 Å². The Bertz CT molecular complexity index is 529. The molecule has 0 saturated carbocycles. The number of ether oxygens (including phenoxy) is 1. The van der Waals surface area contributed by atoms with Gasteiger partial charge in [0.1, 0.15) is 5.75 Å². The van der Waals surface area contributed by atoms with E-state index >= 15 is 0 Å². The lowest BCUT2D eigenvalue weighted by atomic mass is 10.1. The molecule has 1 aromatic rings. The van der Waals surface area contributed by atoms with Gasteiger partial charge in [-0.15, -0.1) is 0 Å². The van der Waals surface area contributed by atoms with Crippen LogP contribution in [0.25, 0.3) is 0 Å². The molecule has 120 valence electrons. The predicted octanol–water partition coefficient (Wildman–Crippen LogP) is 4.67. The van der Waals surface area contributed by atoms with E-state index in [4.69, 9.17) is 17.0 Å². The number of allylic oxidation sites excluding steroid dienone is 3. The highest BCUT2D eigenvalue weighted by Gasteiger charge is 1.97. The molecule has 0 bridgehead atoms. The van der Waals surface area contributed by atoms with E-state index in [1.54, 1.807) is 7.11 Å². The van der Waals surface area contributed by atoms with Crippen LogP contribution >= 0.6 is 12.2 Å². The first-order chi connectivity index (χ1) is 10.5. The van der Waals surface area contributed by atoms with Gasteiger partial charge >= 0.3 is 0 Å². The zero-order valence-corrected chi connectivity index (χ0v) is 14.7. The molecule has 0 aliphatic carbocycles. The van der Waals surface area contributed by atoms with Crippen molar-refractivity contribution in [2.45, 2.75) is 33.6 Å². The minimum absolute atomic E-state index is 0.624. The van der Waals surface area contributed by atoms with Crippen LogP contribution in [0.2, 0.25) is 0 Å². The van der Waals surface area contributed by atoms with Crippen LogP contribution in [0, 0.1) is 0 Å². The van der Waals surface area contributed by atoms with E-state index in [2.05, 4.69) is 43.6 Å². The van der Waals surface area contributed by atoms with Gasteiger partial charge in [-0.2, -0.15) is 0 Å². The first-order valence-electron chi connectivity index (χ1n) is 7.49. The molecule has 1 aromatic carbocycles. The minimum atomic E-state index is 0.624. The summed E-state index contributed by atoms with van der Waals surface area (Å²) in [5, 5.41) is 6.96. The molecule has 22 heavy (non-hydrogen) atoms. The van der Waals surface area contributed by atoms with Crippen LogP contribution in [-0.2, 0) is 0 Å². The molecule has 3 nitrogen and oxygen atoms in total. The Balaban J connectivity index is 2.31. The molecule has 0 fully saturated rings. The number of hydrogen-bond acceptors (Lipinski definition) is 2. The summed E-state index contributed by atoms with van der Waals surface area (Å²) in [6, 6.07) is 7.68. The van der Waals surface area contributed by atoms with Gasteiger partial charge in [0, 0.05) is 12.2 Å². The first-order valence-corrected chi connectivity index (χ1v) is 7.90. The van der Waals surface area contributed by atoms with E-state index in [0.717, 1.165) is 30.8 Å². The van der Waals surface area contributed by atoms with E-state index in [-0.39, 0.29) is 0 Å². The van der Waals surface area contributed by atoms with E-state index in [0.29, 0.717) is 5.11 Å². The van der Waals surface area contributed by atoms with Gasteiger partial charge in [-0.05, 0) is 70.1 Å². The molecule has 1 rings (SSSR count).